The van der Waals surface area contributed by atoms with Crippen molar-refractivity contribution in [3.8, 4) is 0 Å². The van der Waals surface area contributed by atoms with Gasteiger partial charge < -0.3 is 5.32 Å². The molecule has 0 fully saturated rings. The van der Waals surface area contributed by atoms with Gasteiger partial charge in [0.15, 0.2) is 5.78 Å². The van der Waals surface area contributed by atoms with E-state index in [-0.39, 0.29) is 17.2 Å². The lowest BCUT2D eigenvalue weighted by molar-refractivity contribution is 0.101. The maximum absolute atomic E-state index is 12.5. The molecule has 142 valence electrons. The molecular weight excluding hydrogens is 372 g/mol. The first kappa shape index (κ1) is 20.5. The molecule has 7 nitrogen and oxygen atoms in total. The van der Waals surface area contributed by atoms with Crippen LogP contribution < -0.4 is 5.32 Å². The lowest BCUT2D eigenvalue weighted by Gasteiger charge is -2.18. The maximum atomic E-state index is 12.5. The van der Waals surface area contributed by atoms with Crippen molar-refractivity contribution in [2.24, 2.45) is 0 Å². The van der Waals surface area contributed by atoms with Gasteiger partial charge in [-0.1, -0.05) is 39.0 Å². The Hall–Kier alpha value is -1.84. The Morgan fingerprint density at radius 2 is 1.77 bits per heavy atom. The Morgan fingerprint density at radius 1 is 1.15 bits per heavy atom. The number of Topliss-reactive ketones (excluding diaryl/α,β-unsaturated/α-hetero) is 1. The zero-order valence-electron chi connectivity index (χ0n) is 15.4. The normalized spacial score (nSPS) is 11.9. The summed E-state index contributed by atoms with van der Waals surface area (Å²) in [5, 5.41) is 12.5. The van der Waals surface area contributed by atoms with Crippen LogP contribution in [0.5, 0.6) is 0 Å². The van der Waals surface area contributed by atoms with E-state index in [0.29, 0.717) is 29.7 Å². The van der Waals surface area contributed by atoms with Gasteiger partial charge in [-0.25, -0.2) is 8.42 Å². The first-order chi connectivity index (χ1) is 12.3. The number of aromatic nitrogens is 2. The molecule has 0 unspecified atom stereocenters. The van der Waals surface area contributed by atoms with Crippen LogP contribution in [0.25, 0.3) is 0 Å². The van der Waals surface area contributed by atoms with Gasteiger partial charge in [0.1, 0.15) is 5.01 Å². The summed E-state index contributed by atoms with van der Waals surface area (Å²) in [6.07, 6.45) is 0. The van der Waals surface area contributed by atoms with Crippen LogP contribution in [-0.2, 0) is 10.0 Å². The smallest absolute Gasteiger partial charge is 0.243 e. The highest BCUT2D eigenvalue weighted by molar-refractivity contribution is 7.89. The Bertz CT molecular complexity index is 841. The third-order valence-corrected chi connectivity index (χ3v) is 7.10. The molecule has 2 aromatic rings. The molecule has 0 aliphatic rings. The Labute approximate surface area is 158 Å². The summed E-state index contributed by atoms with van der Waals surface area (Å²) >= 11 is 1.42. The summed E-state index contributed by atoms with van der Waals surface area (Å²) in [7, 11) is -3.51. The highest BCUT2D eigenvalue weighted by atomic mass is 32.2. The number of ketones is 1. The van der Waals surface area contributed by atoms with E-state index in [2.05, 4.69) is 15.5 Å². The first-order valence-corrected chi connectivity index (χ1v) is 10.8. The second kappa shape index (κ2) is 8.70. The van der Waals surface area contributed by atoms with Crippen LogP contribution in [0.15, 0.2) is 29.2 Å². The molecule has 0 amide bonds. The quantitative estimate of drug-likeness (QED) is 0.655. The van der Waals surface area contributed by atoms with Crippen molar-refractivity contribution < 1.29 is 13.2 Å². The molecule has 26 heavy (non-hydrogen) atoms. The van der Waals surface area contributed by atoms with Gasteiger partial charge in [-0.2, -0.15) is 4.31 Å². The number of rotatable bonds is 9. The van der Waals surface area contributed by atoms with E-state index in [1.54, 1.807) is 26.0 Å². The molecule has 1 N–H and O–H groups in total. The van der Waals surface area contributed by atoms with Crippen LogP contribution in [0.4, 0.5) is 5.13 Å². The molecule has 1 aromatic carbocycles. The number of anilines is 1. The van der Waals surface area contributed by atoms with Gasteiger partial charge in [0.25, 0.3) is 0 Å². The molecular formula is C17H24N4O3S2. The average Bonchev–Trinajstić information content (AvgIpc) is 3.10. The molecule has 0 saturated carbocycles. The van der Waals surface area contributed by atoms with Crippen LogP contribution in [0, 0.1) is 0 Å². The minimum atomic E-state index is -3.51. The highest BCUT2D eigenvalue weighted by Crippen LogP contribution is 2.22. The van der Waals surface area contributed by atoms with Crippen molar-refractivity contribution in [1.29, 1.82) is 0 Å². The lowest BCUT2D eigenvalue weighted by atomic mass is 10.1. The van der Waals surface area contributed by atoms with Crippen LogP contribution in [0.2, 0.25) is 0 Å². The summed E-state index contributed by atoms with van der Waals surface area (Å²) in [6, 6.07) is 6.03. The van der Waals surface area contributed by atoms with Crippen LogP contribution in [0.3, 0.4) is 0 Å². The number of nitrogens with zero attached hydrogens (tertiary/aromatic N) is 3. The fraction of sp³-hybridized carbons (Fsp3) is 0.471. The Balaban J connectivity index is 2.04. The van der Waals surface area contributed by atoms with Gasteiger partial charge in [-0.05, 0) is 24.3 Å². The predicted octanol–water partition coefficient (Wildman–Crippen LogP) is 2.99. The fourth-order valence-electron chi connectivity index (χ4n) is 2.32. The molecule has 9 heteroatoms. The van der Waals surface area contributed by atoms with E-state index in [0.717, 1.165) is 5.01 Å². The van der Waals surface area contributed by atoms with Gasteiger partial charge in [-0.3, -0.25) is 4.79 Å². The Kier molecular flexibility index (Phi) is 6.85. The van der Waals surface area contributed by atoms with Crippen molar-refractivity contribution in [2.45, 2.75) is 38.5 Å². The Morgan fingerprint density at radius 3 is 2.27 bits per heavy atom. The average molecular weight is 397 g/mol. The molecule has 0 aliphatic carbocycles. The van der Waals surface area contributed by atoms with E-state index in [1.807, 2.05) is 13.8 Å². The van der Waals surface area contributed by atoms with Crippen molar-refractivity contribution in [3.63, 3.8) is 0 Å². The van der Waals surface area contributed by atoms with E-state index in [9.17, 15) is 13.2 Å². The minimum absolute atomic E-state index is 0.0782. The van der Waals surface area contributed by atoms with E-state index < -0.39 is 10.0 Å². The molecule has 0 bridgehead atoms. The number of benzene rings is 1. The topological polar surface area (TPSA) is 92.3 Å². The van der Waals surface area contributed by atoms with Gasteiger partial charge in [0.05, 0.1) is 11.4 Å². The second-order valence-electron chi connectivity index (χ2n) is 5.99. The molecule has 0 atom stereocenters. The first-order valence-electron chi connectivity index (χ1n) is 8.50. The van der Waals surface area contributed by atoms with Gasteiger partial charge in [0.2, 0.25) is 15.2 Å². The van der Waals surface area contributed by atoms with Crippen molar-refractivity contribution in [3.05, 3.63) is 34.8 Å². The molecule has 0 spiro atoms. The molecule has 0 aliphatic heterocycles. The fourth-order valence-corrected chi connectivity index (χ4v) is 4.52. The predicted molar refractivity (Wildman–Crippen MR) is 103 cm³/mol. The summed E-state index contributed by atoms with van der Waals surface area (Å²) in [4.78, 5) is 12.5. The summed E-state index contributed by atoms with van der Waals surface area (Å²) < 4.78 is 26.3. The molecule has 0 saturated heterocycles. The summed E-state index contributed by atoms with van der Waals surface area (Å²) in [5.41, 5.74) is 0.449. The summed E-state index contributed by atoms with van der Waals surface area (Å²) in [6.45, 7) is 8.54. The maximum Gasteiger partial charge on any atom is 0.243 e. The SMILES string of the molecule is CCN(CC)S(=O)(=O)c1ccc(C(=O)CNc2nnc(C(C)C)s2)cc1. The van der Waals surface area contributed by atoms with E-state index >= 15 is 0 Å². The van der Waals surface area contributed by atoms with Crippen LogP contribution in [-0.4, -0.2) is 48.3 Å². The van der Waals surface area contributed by atoms with Crippen LogP contribution >= 0.6 is 11.3 Å². The largest absolute Gasteiger partial charge is 0.353 e. The standard InChI is InChI=1S/C17H24N4O3S2/c1-5-21(6-2)26(23,24)14-9-7-13(8-10-14)15(22)11-18-17-20-19-16(25-17)12(3)4/h7-10,12H,5-6,11H2,1-4H3,(H,18,20). The number of carbonyl (C=O) groups is 1. The van der Waals surface area contributed by atoms with E-state index in [1.165, 1.54) is 27.8 Å². The number of nitrogens with one attached hydrogen (secondary N) is 1. The monoisotopic (exact) mass is 396 g/mol. The zero-order valence-corrected chi connectivity index (χ0v) is 17.0. The molecule has 0 radical (unpaired) electrons. The van der Waals surface area contributed by atoms with Crippen molar-refractivity contribution in [2.75, 3.05) is 25.0 Å². The second-order valence-corrected chi connectivity index (χ2v) is 8.94. The van der Waals surface area contributed by atoms with Gasteiger partial charge in [0, 0.05) is 24.6 Å². The summed E-state index contributed by atoms with van der Waals surface area (Å²) in [5.74, 6) is 0.150. The zero-order chi connectivity index (χ0) is 19.3. The number of sulfonamides is 1. The number of hydrogen-bond donors (Lipinski definition) is 1. The van der Waals surface area contributed by atoms with E-state index in [4.69, 9.17) is 0 Å². The van der Waals surface area contributed by atoms with Gasteiger partial charge in [-0.15, -0.1) is 10.2 Å². The van der Waals surface area contributed by atoms with Crippen LogP contribution in [0.1, 0.15) is 49.0 Å². The van der Waals surface area contributed by atoms with Gasteiger partial charge >= 0.3 is 0 Å². The molecule has 2 rings (SSSR count). The number of hydrogen-bond acceptors (Lipinski definition) is 7. The van der Waals surface area contributed by atoms with Crippen molar-refractivity contribution in [1.82, 2.24) is 14.5 Å². The lowest BCUT2D eigenvalue weighted by Crippen LogP contribution is -2.30. The minimum Gasteiger partial charge on any atom is -0.353 e. The number of carbonyl (C=O) groups excluding carboxylic acids is 1. The third-order valence-electron chi connectivity index (χ3n) is 3.85. The molecule has 1 aromatic heterocycles. The highest BCUT2D eigenvalue weighted by Gasteiger charge is 2.21. The van der Waals surface area contributed by atoms with Crippen molar-refractivity contribution >= 4 is 32.3 Å². The third kappa shape index (κ3) is 4.66. The molecule has 1 heterocycles.